The second-order valence-corrected chi connectivity index (χ2v) is 10.5. The highest BCUT2D eigenvalue weighted by Crippen LogP contribution is 2.37. The molecule has 4 heterocycles. The monoisotopic (exact) mass is 490 g/mol. The average Bonchev–Trinajstić information content (AvgIpc) is 3.68. The minimum Gasteiger partial charge on any atom is -0.489 e. The molecule has 1 saturated carbocycles. The molecule has 5 nitrogen and oxygen atoms in total. The number of H-pyrrole nitrogens is 2. The molecule has 0 radical (unpaired) electrons. The van der Waals surface area contributed by atoms with Crippen LogP contribution in [0.2, 0.25) is 0 Å². The van der Waals surface area contributed by atoms with Gasteiger partial charge in [0, 0.05) is 38.5 Å². The largest absolute Gasteiger partial charge is 0.489 e. The third-order valence-corrected chi connectivity index (χ3v) is 8.07. The van der Waals surface area contributed by atoms with Crippen LogP contribution < -0.4 is 4.74 Å². The van der Waals surface area contributed by atoms with E-state index in [9.17, 15) is 0 Å². The van der Waals surface area contributed by atoms with Crippen molar-refractivity contribution >= 4 is 33.1 Å². The predicted octanol–water partition coefficient (Wildman–Crippen LogP) is 8.21. The van der Waals surface area contributed by atoms with Crippen LogP contribution in [-0.2, 0) is 0 Å². The van der Waals surface area contributed by atoms with E-state index in [0.29, 0.717) is 6.10 Å². The molecule has 1 aliphatic carbocycles. The van der Waals surface area contributed by atoms with Crippen LogP contribution >= 0.6 is 11.3 Å². The zero-order chi connectivity index (χ0) is 23.9. The fraction of sp³-hybridized carbons (Fsp3) is 0.200. The van der Waals surface area contributed by atoms with E-state index < -0.39 is 0 Å². The first kappa shape index (κ1) is 21.4. The highest BCUT2D eigenvalue weighted by molar-refractivity contribution is 7.13. The van der Waals surface area contributed by atoms with Crippen molar-refractivity contribution in [2.75, 3.05) is 0 Å². The second kappa shape index (κ2) is 8.95. The SMILES string of the molecule is c1csc(-c2cccc3[nH]c(-c4n[nH]c5ccc(-c6cncc(OC7CCCCC7)c6)cc45)cc23)c1. The van der Waals surface area contributed by atoms with E-state index in [4.69, 9.17) is 4.74 Å². The van der Waals surface area contributed by atoms with Gasteiger partial charge >= 0.3 is 0 Å². The number of hydrogen-bond donors (Lipinski definition) is 2. The zero-order valence-electron chi connectivity index (χ0n) is 19.8. The number of nitrogens with zero attached hydrogens (tertiary/aromatic N) is 2. The van der Waals surface area contributed by atoms with Crippen molar-refractivity contribution in [3.05, 3.63) is 78.4 Å². The van der Waals surface area contributed by atoms with Crippen LogP contribution in [0, 0.1) is 0 Å². The molecule has 7 rings (SSSR count). The summed E-state index contributed by atoms with van der Waals surface area (Å²) in [6, 6.07) is 21.4. The molecule has 1 fully saturated rings. The summed E-state index contributed by atoms with van der Waals surface area (Å²) >= 11 is 1.76. The summed E-state index contributed by atoms with van der Waals surface area (Å²) in [5.41, 5.74) is 7.43. The van der Waals surface area contributed by atoms with E-state index in [2.05, 4.69) is 86.2 Å². The standard InChI is InChI=1S/C30H26N4OS/c1-2-6-21(7-3-1)35-22-14-20(17-31-18-22)19-11-12-27-25(15-19)30(34-33-27)28-16-24-23(29-10-5-13-36-29)8-4-9-26(24)32-28/h4-5,8-18,21,32H,1-3,6-7H2,(H,33,34). The Morgan fingerprint density at radius 1 is 0.833 bits per heavy atom. The smallest absolute Gasteiger partial charge is 0.138 e. The van der Waals surface area contributed by atoms with E-state index in [0.717, 1.165) is 57.5 Å². The molecule has 1 aliphatic rings. The molecule has 6 heteroatoms. The van der Waals surface area contributed by atoms with Gasteiger partial charge in [-0.15, -0.1) is 11.3 Å². The fourth-order valence-electron chi connectivity index (χ4n) is 5.34. The molecule has 36 heavy (non-hydrogen) atoms. The van der Waals surface area contributed by atoms with Crippen LogP contribution in [0.3, 0.4) is 0 Å². The molecule has 2 aromatic carbocycles. The van der Waals surface area contributed by atoms with Crippen molar-refractivity contribution in [1.29, 1.82) is 0 Å². The molecule has 0 aliphatic heterocycles. The van der Waals surface area contributed by atoms with E-state index >= 15 is 0 Å². The van der Waals surface area contributed by atoms with Crippen molar-refractivity contribution in [2.45, 2.75) is 38.2 Å². The highest BCUT2D eigenvalue weighted by atomic mass is 32.1. The number of hydrogen-bond acceptors (Lipinski definition) is 4. The molecule has 0 atom stereocenters. The maximum Gasteiger partial charge on any atom is 0.138 e. The van der Waals surface area contributed by atoms with Gasteiger partial charge in [0.05, 0.1) is 23.5 Å². The number of pyridine rings is 1. The van der Waals surface area contributed by atoms with Gasteiger partial charge in [0.1, 0.15) is 11.4 Å². The molecule has 0 bridgehead atoms. The minimum absolute atomic E-state index is 0.305. The molecule has 4 aromatic heterocycles. The summed E-state index contributed by atoms with van der Waals surface area (Å²) in [4.78, 5) is 9.35. The summed E-state index contributed by atoms with van der Waals surface area (Å²) in [5, 5.41) is 12.3. The Morgan fingerprint density at radius 3 is 2.67 bits per heavy atom. The number of aromatic nitrogens is 4. The van der Waals surface area contributed by atoms with Crippen molar-refractivity contribution in [3.63, 3.8) is 0 Å². The van der Waals surface area contributed by atoms with E-state index in [1.165, 1.54) is 35.1 Å². The van der Waals surface area contributed by atoms with Gasteiger partial charge in [-0.05, 0) is 73.0 Å². The van der Waals surface area contributed by atoms with E-state index in [1.54, 1.807) is 11.3 Å². The van der Waals surface area contributed by atoms with Crippen LogP contribution in [0.25, 0.3) is 54.8 Å². The lowest BCUT2D eigenvalue weighted by atomic mass is 9.98. The Kier molecular flexibility index (Phi) is 5.32. The van der Waals surface area contributed by atoms with Gasteiger partial charge in [-0.1, -0.05) is 30.7 Å². The Labute approximate surface area is 213 Å². The summed E-state index contributed by atoms with van der Waals surface area (Å²) in [5.74, 6) is 0.851. The van der Waals surface area contributed by atoms with Crippen molar-refractivity contribution in [2.24, 2.45) is 0 Å². The molecule has 0 amide bonds. The van der Waals surface area contributed by atoms with E-state index in [-0.39, 0.29) is 0 Å². The van der Waals surface area contributed by atoms with Gasteiger partial charge in [-0.3, -0.25) is 10.1 Å². The lowest BCUT2D eigenvalue weighted by Gasteiger charge is -2.23. The van der Waals surface area contributed by atoms with Crippen molar-refractivity contribution in [3.8, 4) is 38.7 Å². The number of ether oxygens (including phenoxy) is 1. The lowest BCUT2D eigenvalue weighted by Crippen LogP contribution is -2.19. The molecule has 6 aromatic rings. The first-order valence-electron chi connectivity index (χ1n) is 12.6. The maximum absolute atomic E-state index is 6.27. The molecular weight excluding hydrogens is 464 g/mol. The van der Waals surface area contributed by atoms with E-state index in [1.807, 2.05) is 12.4 Å². The summed E-state index contributed by atoms with van der Waals surface area (Å²) in [6.07, 6.45) is 10.1. The lowest BCUT2D eigenvalue weighted by molar-refractivity contribution is 0.154. The minimum atomic E-state index is 0.305. The van der Waals surface area contributed by atoms with Crippen LogP contribution in [0.5, 0.6) is 5.75 Å². The van der Waals surface area contributed by atoms with Crippen LogP contribution in [0.15, 0.2) is 78.4 Å². The first-order chi connectivity index (χ1) is 17.8. The molecule has 0 spiro atoms. The number of benzene rings is 2. The highest BCUT2D eigenvalue weighted by Gasteiger charge is 2.17. The van der Waals surface area contributed by atoms with Gasteiger partial charge in [-0.2, -0.15) is 5.10 Å². The molecule has 0 unspecified atom stereocenters. The van der Waals surface area contributed by atoms with Crippen LogP contribution in [-0.4, -0.2) is 26.3 Å². The van der Waals surface area contributed by atoms with Gasteiger partial charge in [-0.25, -0.2) is 0 Å². The third-order valence-electron chi connectivity index (χ3n) is 7.17. The Bertz CT molecular complexity index is 1660. The topological polar surface area (TPSA) is 66.6 Å². The van der Waals surface area contributed by atoms with Gasteiger partial charge in [0.25, 0.3) is 0 Å². The fourth-order valence-corrected chi connectivity index (χ4v) is 6.11. The van der Waals surface area contributed by atoms with Gasteiger partial charge in [0.2, 0.25) is 0 Å². The Balaban J connectivity index is 1.26. The summed E-state index contributed by atoms with van der Waals surface area (Å²) in [6.45, 7) is 0. The number of thiophene rings is 1. The van der Waals surface area contributed by atoms with Crippen molar-refractivity contribution in [1.82, 2.24) is 20.2 Å². The molecule has 2 N–H and O–H groups in total. The number of nitrogens with one attached hydrogen (secondary N) is 2. The maximum atomic E-state index is 6.27. The van der Waals surface area contributed by atoms with Crippen molar-refractivity contribution < 1.29 is 4.74 Å². The number of fused-ring (bicyclic) bond motifs is 2. The molecular formula is C30H26N4OS. The Morgan fingerprint density at radius 2 is 1.78 bits per heavy atom. The first-order valence-corrected chi connectivity index (χ1v) is 13.5. The summed E-state index contributed by atoms with van der Waals surface area (Å²) in [7, 11) is 0. The molecule has 178 valence electrons. The third kappa shape index (κ3) is 3.88. The number of aromatic amines is 2. The summed E-state index contributed by atoms with van der Waals surface area (Å²) < 4.78 is 6.27. The zero-order valence-corrected chi connectivity index (χ0v) is 20.6. The second-order valence-electron chi connectivity index (χ2n) is 9.55. The normalized spacial score (nSPS) is 14.6. The predicted molar refractivity (Wildman–Crippen MR) is 147 cm³/mol. The quantitative estimate of drug-likeness (QED) is 0.256. The van der Waals surface area contributed by atoms with Gasteiger partial charge in [0.15, 0.2) is 0 Å². The Hall–Kier alpha value is -3.90. The average molecular weight is 491 g/mol. The van der Waals surface area contributed by atoms with Gasteiger partial charge < -0.3 is 9.72 Å². The van der Waals surface area contributed by atoms with Crippen LogP contribution in [0.4, 0.5) is 0 Å². The molecule has 0 saturated heterocycles. The van der Waals surface area contributed by atoms with Crippen LogP contribution in [0.1, 0.15) is 32.1 Å². The number of rotatable bonds is 5.